The summed E-state index contributed by atoms with van der Waals surface area (Å²) in [5, 5.41) is 0. The van der Waals surface area contributed by atoms with E-state index in [9.17, 15) is 0 Å². The minimum Gasteiger partial charge on any atom is -0.309 e. The molecule has 0 saturated carbocycles. The lowest BCUT2D eigenvalue weighted by molar-refractivity contribution is 0.413. The average molecular weight is 205 g/mol. The first-order chi connectivity index (χ1) is 7.24. The molecule has 0 saturated heterocycles. The van der Waals surface area contributed by atoms with Crippen molar-refractivity contribution in [2.24, 2.45) is 0 Å². The molecule has 0 fully saturated rings. The van der Waals surface area contributed by atoms with Crippen LogP contribution < -0.4 is 0 Å². The van der Waals surface area contributed by atoms with Crippen LogP contribution in [-0.2, 0) is 12.8 Å². The zero-order chi connectivity index (χ0) is 11.1. The number of unbranched alkanes of at least 4 members (excludes halogenated alkanes) is 1. The van der Waals surface area contributed by atoms with Crippen LogP contribution in [0.15, 0.2) is 24.3 Å². The standard InChI is InChI=1S/C14H23N/c1-4-5-8-13-9-6-7-10-14(13)11-12-15(2)3/h6-7,9-10H,4-5,8,11-12H2,1-3H3. The molecule has 0 N–H and O–H groups in total. The number of hydrogen-bond donors (Lipinski definition) is 0. The van der Waals surface area contributed by atoms with Gasteiger partial charge in [0, 0.05) is 6.54 Å². The summed E-state index contributed by atoms with van der Waals surface area (Å²) in [5.41, 5.74) is 3.07. The van der Waals surface area contributed by atoms with Gasteiger partial charge >= 0.3 is 0 Å². The average Bonchev–Trinajstić information content (AvgIpc) is 2.24. The first-order valence-corrected chi connectivity index (χ1v) is 5.95. The van der Waals surface area contributed by atoms with Crippen LogP contribution in [0.25, 0.3) is 0 Å². The largest absolute Gasteiger partial charge is 0.309 e. The van der Waals surface area contributed by atoms with E-state index in [-0.39, 0.29) is 0 Å². The van der Waals surface area contributed by atoms with Gasteiger partial charge in [0.25, 0.3) is 0 Å². The zero-order valence-electron chi connectivity index (χ0n) is 10.3. The molecule has 84 valence electrons. The predicted octanol–water partition coefficient (Wildman–Crippen LogP) is 3.13. The van der Waals surface area contributed by atoms with Crippen LogP contribution in [0.2, 0.25) is 0 Å². The van der Waals surface area contributed by atoms with Crippen LogP contribution in [0.5, 0.6) is 0 Å². The molecular formula is C14H23N. The van der Waals surface area contributed by atoms with Crippen molar-refractivity contribution in [3.8, 4) is 0 Å². The third-order valence-electron chi connectivity index (χ3n) is 2.75. The van der Waals surface area contributed by atoms with E-state index in [1.165, 1.54) is 31.2 Å². The van der Waals surface area contributed by atoms with E-state index < -0.39 is 0 Å². The number of nitrogens with zero attached hydrogens (tertiary/aromatic N) is 1. The number of rotatable bonds is 6. The zero-order valence-corrected chi connectivity index (χ0v) is 10.3. The minimum atomic E-state index is 1.14. The Morgan fingerprint density at radius 3 is 2.13 bits per heavy atom. The minimum absolute atomic E-state index is 1.14. The lowest BCUT2D eigenvalue weighted by Crippen LogP contribution is -2.15. The molecule has 0 radical (unpaired) electrons. The van der Waals surface area contributed by atoms with Crippen molar-refractivity contribution in [1.82, 2.24) is 4.90 Å². The molecule has 0 bridgehead atoms. The Kier molecular flexibility index (Phi) is 5.41. The first kappa shape index (κ1) is 12.3. The van der Waals surface area contributed by atoms with Crippen LogP contribution in [0.1, 0.15) is 30.9 Å². The third-order valence-corrected chi connectivity index (χ3v) is 2.75. The van der Waals surface area contributed by atoms with Crippen molar-refractivity contribution < 1.29 is 0 Å². The molecule has 15 heavy (non-hydrogen) atoms. The molecule has 1 nitrogen and oxygen atoms in total. The fraction of sp³-hybridized carbons (Fsp3) is 0.571. The van der Waals surface area contributed by atoms with Crippen molar-refractivity contribution in [1.29, 1.82) is 0 Å². The molecule has 0 aliphatic heterocycles. The Morgan fingerprint density at radius 1 is 1.00 bits per heavy atom. The van der Waals surface area contributed by atoms with E-state index in [1.807, 2.05) is 0 Å². The monoisotopic (exact) mass is 205 g/mol. The van der Waals surface area contributed by atoms with Crippen molar-refractivity contribution in [2.45, 2.75) is 32.6 Å². The van der Waals surface area contributed by atoms with Crippen LogP contribution >= 0.6 is 0 Å². The van der Waals surface area contributed by atoms with Gasteiger partial charge in [0.15, 0.2) is 0 Å². The number of aryl methyl sites for hydroxylation is 1. The van der Waals surface area contributed by atoms with Gasteiger partial charge in [-0.1, -0.05) is 37.6 Å². The Labute approximate surface area is 94.1 Å². The second-order valence-corrected chi connectivity index (χ2v) is 4.43. The number of likely N-dealkylation sites (N-methyl/N-ethyl adjacent to an activating group) is 1. The third kappa shape index (κ3) is 4.48. The molecule has 1 aromatic rings. The van der Waals surface area contributed by atoms with Gasteiger partial charge in [0.2, 0.25) is 0 Å². The summed E-state index contributed by atoms with van der Waals surface area (Å²) in [6.45, 7) is 3.39. The van der Waals surface area contributed by atoms with Gasteiger partial charge in [-0.3, -0.25) is 0 Å². The van der Waals surface area contributed by atoms with E-state index in [4.69, 9.17) is 0 Å². The highest BCUT2D eigenvalue weighted by Gasteiger charge is 2.01. The highest BCUT2D eigenvalue weighted by atomic mass is 15.0. The summed E-state index contributed by atoms with van der Waals surface area (Å²) >= 11 is 0. The predicted molar refractivity (Wildman–Crippen MR) is 67.3 cm³/mol. The van der Waals surface area contributed by atoms with Crippen molar-refractivity contribution in [3.63, 3.8) is 0 Å². The van der Waals surface area contributed by atoms with Gasteiger partial charge in [-0.25, -0.2) is 0 Å². The fourth-order valence-corrected chi connectivity index (χ4v) is 1.76. The number of benzene rings is 1. The van der Waals surface area contributed by atoms with E-state index in [1.54, 1.807) is 5.56 Å². The lowest BCUT2D eigenvalue weighted by atomic mass is 10.00. The summed E-state index contributed by atoms with van der Waals surface area (Å²) in [6, 6.07) is 8.86. The molecule has 1 heteroatoms. The Hall–Kier alpha value is -0.820. The molecule has 0 amide bonds. The highest BCUT2D eigenvalue weighted by Crippen LogP contribution is 2.12. The summed E-state index contributed by atoms with van der Waals surface area (Å²) in [6.07, 6.45) is 4.99. The van der Waals surface area contributed by atoms with Crippen LogP contribution in [0.3, 0.4) is 0 Å². The number of hydrogen-bond acceptors (Lipinski definition) is 1. The normalized spacial score (nSPS) is 10.9. The quantitative estimate of drug-likeness (QED) is 0.689. The SMILES string of the molecule is CCCCc1ccccc1CCN(C)C. The van der Waals surface area contributed by atoms with Crippen molar-refractivity contribution in [2.75, 3.05) is 20.6 Å². The van der Waals surface area contributed by atoms with Crippen molar-refractivity contribution >= 4 is 0 Å². The molecular weight excluding hydrogens is 182 g/mol. The molecule has 1 aromatic carbocycles. The molecule has 0 spiro atoms. The smallest absolute Gasteiger partial charge is 0.00158 e. The summed E-state index contributed by atoms with van der Waals surface area (Å²) in [4.78, 5) is 2.25. The van der Waals surface area contributed by atoms with E-state index in [0.29, 0.717) is 0 Å². The second kappa shape index (κ2) is 6.62. The van der Waals surface area contributed by atoms with Crippen LogP contribution in [0, 0.1) is 0 Å². The highest BCUT2D eigenvalue weighted by molar-refractivity contribution is 5.27. The molecule has 0 atom stereocenters. The topological polar surface area (TPSA) is 3.24 Å². The second-order valence-electron chi connectivity index (χ2n) is 4.43. The molecule has 0 aromatic heterocycles. The fourth-order valence-electron chi connectivity index (χ4n) is 1.76. The summed E-state index contributed by atoms with van der Waals surface area (Å²) in [7, 11) is 4.27. The van der Waals surface area contributed by atoms with Crippen LogP contribution in [-0.4, -0.2) is 25.5 Å². The molecule has 0 aliphatic carbocycles. The van der Waals surface area contributed by atoms with E-state index in [0.717, 1.165) is 6.54 Å². The van der Waals surface area contributed by atoms with Gasteiger partial charge in [0.1, 0.15) is 0 Å². The summed E-state index contributed by atoms with van der Waals surface area (Å²) < 4.78 is 0. The molecule has 0 unspecified atom stereocenters. The summed E-state index contributed by atoms with van der Waals surface area (Å²) in [5.74, 6) is 0. The lowest BCUT2D eigenvalue weighted by Gasteiger charge is -2.12. The first-order valence-electron chi connectivity index (χ1n) is 5.95. The maximum absolute atomic E-state index is 2.28. The maximum Gasteiger partial charge on any atom is 0.00158 e. The van der Waals surface area contributed by atoms with E-state index >= 15 is 0 Å². The molecule has 0 heterocycles. The van der Waals surface area contributed by atoms with Gasteiger partial charge < -0.3 is 4.90 Å². The Bertz CT molecular complexity index is 278. The molecule has 0 aliphatic rings. The van der Waals surface area contributed by atoms with Crippen molar-refractivity contribution in [3.05, 3.63) is 35.4 Å². The molecule has 1 rings (SSSR count). The Morgan fingerprint density at radius 2 is 1.60 bits per heavy atom. The van der Waals surface area contributed by atoms with Gasteiger partial charge in [-0.05, 0) is 44.5 Å². The van der Waals surface area contributed by atoms with Gasteiger partial charge in [-0.15, -0.1) is 0 Å². The van der Waals surface area contributed by atoms with Gasteiger partial charge in [0.05, 0.1) is 0 Å². The van der Waals surface area contributed by atoms with E-state index in [2.05, 4.69) is 50.2 Å². The van der Waals surface area contributed by atoms with Crippen LogP contribution in [0.4, 0.5) is 0 Å². The Balaban J connectivity index is 2.59. The maximum atomic E-state index is 2.28. The van der Waals surface area contributed by atoms with Gasteiger partial charge in [-0.2, -0.15) is 0 Å².